The second kappa shape index (κ2) is 5.83. The molecule has 1 aromatic rings. The number of hydrogen-bond acceptors (Lipinski definition) is 3. The van der Waals surface area contributed by atoms with E-state index in [1.54, 1.807) is 7.11 Å². The Labute approximate surface area is 96.0 Å². The zero-order valence-electron chi connectivity index (χ0n) is 9.38. The van der Waals surface area contributed by atoms with Crippen LogP contribution in [0.25, 0.3) is 0 Å². The van der Waals surface area contributed by atoms with Crippen molar-refractivity contribution in [3.8, 4) is 5.75 Å². The first-order valence-electron chi connectivity index (χ1n) is 4.88. The van der Waals surface area contributed by atoms with Gasteiger partial charge in [-0.3, -0.25) is 0 Å². The third kappa shape index (κ3) is 3.29. The molecule has 0 radical (unpaired) electrons. The lowest BCUT2D eigenvalue weighted by molar-refractivity contribution is 0.415. The van der Waals surface area contributed by atoms with Crippen LogP contribution in [0.2, 0.25) is 5.02 Å². The molecule has 1 N–H and O–H groups in total. The van der Waals surface area contributed by atoms with Gasteiger partial charge in [0.15, 0.2) is 0 Å². The quantitative estimate of drug-likeness (QED) is 0.835. The van der Waals surface area contributed by atoms with Gasteiger partial charge in [-0.2, -0.15) is 0 Å². The molecule has 0 aliphatic carbocycles. The molecule has 0 heterocycles. The van der Waals surface area contributed by atoms with Gasteiger partial charge in [0.2, 0.25) is 0 Å². The SMILES string of the molecule is CNCCN(C)c1ccc(OC)cc1Cl. The highest BCUT2D eigenvalue weighted by atomic mass is 35.5. The summed E-state index contributed by atoms with van der Waals surface area (Å²) in [6, 6.07) is 5.71. The topological polar surface area (TPSA) is 24.5 Å². The normalized spacial score (nSPS) is 10.1. The molecule has 3 nitrogen and oxygen atoms in total. The molecule has 0 aromatic heterocycles. The Morgan fingerprint density at radius 1 is 1.47 bits per heavy atom. The first kappa shape index (κ1) is 12.1. The Kier molecular flexibility index (Phi) is 4.72. The summed E-state index contributed by atoms with van der Waals surface area (Å²) in [6.07, 6.45) is 0. The van der Waals surface area contributed by atoms with Crippen molar-refractivity contribution in [1.29, 1.82) is 0 Å². The van der Waals surface area contributed by atoms with Gasteiger partial charge in [-0.1, -0.05) is 11.6 Å². The Morgan fingerprint density at radius 2 is 2.20 bits per heavy atom. The van der Waals surface area contributed by atoms with Gasteiger partial charge in [-0.15, -0.1) is 0 Å². The number of nitrogens with zero attached hydrogens (tertiary/aromatic N) is 1. The summed E-state index contributed by atoms with van der Waals surface area (Å²) in [6.45, 7) is 1.85. The predicted molar refractivity (Wildman–Crippen MR) is 65.2 cm³/mol. The van der Waals surface area contributed by atoms with Crippen molar-refractivity contribution in [2.75, 3.05) is 39.2 Å². The molecule has 0 atom stereocenters. The number of halogens is 1. The van der Waals surface area contributed by atoms with E-state index in [2.05, 4.69) is 10.2 Å². The molecule has 0 bridgehead atoms. The molecule has 84 valence electrons. The number of nitrogens with one attached hydrogen (secondary N) is 1. The van der Waals surface area contributed by atoms with Gasteiger partial charge in [-0.05, 0) is 19.2 Å². The third-order valence-electron chi connectivity index (χ3n) is 2.26. The highest BCUT2D eigenvalue weighted by molar-refractivity contribution is 6.33. The molecule has 0 aliphatic heterocycles. The van der Waals surface area contributed by atoms with Crippen molar-refractivity contribution in [2.45, 2.75) is 0 Å². The molecular weight excluding hydrogens is 212 g/mol. The zero-order valence-corrected chi connectivity index (χ0v) is 10.1. The van der Waals surface area contributed by atoms with E-state index in [1.807, 2.05) is 32.3 Å². The minimum absolute atomic E-state index is 0.716. The van der Waals surface area contributed by atoms with Crippen LogP contribution >= 0.6 is 11.6 Å². The number of likely N-dealkylation sites (N-methyl/N-ethyl adjacent to an activating group) is 2. The molecule has 4 heteroatoms. The molecule has 0 unspecified atom stereocenters. The first-order valence-corrected chi connectivity index (χ1v) is 5.26. The Hall–Kier alpha value is -0.930. The van der Waals surface area contributed by atoms with Crippen LogP contribution in [0.4, 0.5) is 5.69 Å². The standard InChI is InChI=1S/C11H17ClN2O/c1-13-6-7-14(2)11-5-4-9(15-3)8-10(11)12/h4-5,8,13H,6-7H2,1-3H3. The summed E-state index contributed by atoms with van der Waals surface area (Å²) in [5.41, 5.74) is 1.02. The maximum atomic E-state index is 6.14. The molecule has 15 heavy (non-hydrogen) atoms. The van der Waals surface area contributed by atoms with Gasteiger partial charge >= 0.3 is 0 Å². The maximum Gasteiger partial charge on any atom is 0.120 e. The number of anilines is 1. The number of methoxy groups -OCH3 is 1. The lowest BCUT2D eigenvalue weighted by atomic mass is 10.3. The second-order valence-electron chi connectivity index (χ2n) is 3.34. The summed E-state index contributed by atoms with van der Waals surface area (Å²) in [5.74, 6) is 0.783. The summed E-state index contributed by atoms with van der Waals surface area (Å²) in [7, 11) is 5.59. The van der Waals surface area contributed by atoms with Crippen molar-refractivity contribution >= 4 is 17.3 Å². The smallest absolute Gasteiger partial charge is 0.120 e. The average molecular weight is 229 g/mol. The minimum atomic E-state index is 0.716. The summed E-state index contributed by atoms with van der Waals surface area (Å²) < 4.78 is 5.10. The van der Waals surface area contributed by atoms with E-state index < -0.39 is 0 Å². The number of rotatable bonds is 5. The zero-order chi connectivity index (χ0) is 11.3. The van der Waals surface area contributed by atoms with Crippen LogP contribution in [0, 0.1) is 0 Å². The van der Waals surface area contributed by atoms with E-state index in [1.165, 1.54) is 0 Å². The molecular formula is C11H17ClN2O. The molecule has 0 fully saturated rings. The fourth-order valence-electron chi connectivity index (χ4n) is 1.32. The van der Waals surface area contributed by atoms with Crippen LogP contribution in [-0.4, -0.2) is 34.3 Å². The van der Waals surface area contributed by atoms with Gasteiger partial charge in [0.1, 0.15) is 5.75 Å². The monoisotopic (exact) mass is 228 g/mol. The van der Waals surface area contributed by atoms with E-state index >= 15 is 0 Å². The van der Waals surface area contributed by atoms with Crippen LogP contribution in [0.1, 0.15) is 0 Å². The van der Waals surface area contributed by atoms with E-state index in [0.29, 0.717) is 5.02 Å². The largest absolute Gasteiger partial charge is 0.497 e. The van der Waals surface area contributed by atoms with Gasteiger partial charge in [0.25, 0.3) is 0 Å². The molecule has 0 saturated carbocycles. The van der Waals surface area contributed by atoms with Gasteiger partial charge in [0.05, 0.1) is 17.8 Å². The molecule has 0 spiro atoms. The highest BCUT2D eigenvalue weighted by Gasteiger charge is 2.06. The Balaban J connectivity index is 2.76. The van der Waals surface area contributed by atoms with Crippen molar-refractivity contribution in [3.05, 3.63) is 23.2 Å². The maximum absolute atomic E-state index is 6.14. The third-order valence-corrected chi connectivity index (χ3v) is 2.57. The summed E-state index contributed by atoms with van der Waals surface area (Å²) >= 11 is 6.14. The average Bonchev–Trinajstić information content (AvgIpc) is 2.25. The highest BCUT2D eigenvalue weighted by Crippen LogP contribution is 2.28. The van der Waals surface area contributed by atoms with Crippen LogP contribution < -0.4 is 15.0 Å². The molecule has 0 saturated heterocycles. The van der Waals surface area contributed by atoms with Crippen LogP contribution in [0.5, 0.6) is 5.75 Å². The molecule has 0 aliphatic rings. The fourth-order valence-corrected chi connectivity index (χ4v) is 1.64. The van der Waals surface area contributed by atoms with Gasteiger partial charge < -0.3 is 15.0 Å². The van der Waals surface area contributed by atoms with Crippen LogP contribution in [0.3, 0.4) is 0 Å². The number of benzene rings is 1. The minimum Gasteiger partial charge on any atom is -0.497 e. The molecule has 1 aromatic carbocycles. The number of ether oxygens (including phenoxy) is 1. The van der Waals surface area contributed by atoms with Gasteiger partial charge in [-0.25, -0.2) is 0 Å². The van der Waals surface area contributed by atoms with Crippen molar-refractivity contribution in [2.24, 2.45) is 0 Å². The lowest BCUT2D eigenvalue weighted by Crippen LogP contribution is -2.27. The summed E-state index contributed by atoms with van der Waals surface area (Å²) in [5, 5.41) is 3.82. The van der Waals surface area contributed by atoms with Crippen molar-refractivity contribution in [3.63, 3.8) is 0 Å². The molecule has 1 rings (SSSR count). The summed E-state index contributed by atoms with van der Waals surface area (Å²) in [4.78, 5) is 2.11. The van der Waals surface area contributed by atoms with E-state index in [9.17, 15) is 0 Å². The predicted octanol–water partition coefficient (Wildman–Crippen LogP) is 2.00. The lowest BCUT2D eigenvalue weighted by Gasteiger charge is -2.20. The molecule has 0 amide bonds. The van der Waals surface area contributed by atoms with E-state index in [-0.39, 0.29) is 0 Å². The first-order chi connectivity index (χ1) is 7.19. The van der Waals surface area contributed by atoms with Gasteiger partial charge in [0, 0.05) is 26.2 Å². The van der Waals surface area contributed by atoms with Crippen LogP contribution in [-0.2, 0) is 0 Å². The number of hydrogen-bond donors (Lipinski definition) is 1. The van der Waals surface area contributed by atoms with Crippen molar-refractivity contribution < 1.29 is 4.74 Å². The Bertz CT molecular complexity index is 317. The van der Waals surface area contributed by atoms with Crippen molar-refractivity contribution in [1.82, 2.24) is 5.32 Å². The fraction of sp³-hybridized carbons (Fsp3) is 0.455. The second-order valence-corrected chi connectivity index (χ2v) is 3.75. The van der Waals surface area contributed by atoms with E-state index in [4.69, 9.17) is 16.3 Å². The van der Waals surface area contributed by atoms with Crippen LogP contribution in [0.15, 0.2) is 18.2 Å². The Morgan fingerprint density at radius 3 is 2.73 bits per heavy atom. The van der Waals surface area contributed by atoms with E-state index in [0.717, 1.165) is 24.5 Å².